The number of rotatable bonds is 2. The molecule has 0 spiro atoms. The molecule has 2 rings (SSSR count). The minimum absolute atomic E-state index is 0.0453. The van der Waals surface area contributed by atoms with E-state index in [-0.39, 0.29) is 17.4 Å². The zero-order valence-electron chi connectivity index (χ0n) is 11.8. The third-order valence-electron chi connectivity index (χ3n) is 4.17. The van der Waals surface area contributed by atoms with Crippen LogP contribution in [0.4, 0.5) is 0 Å². The van der Waals surface area contributed by atoms with Crippen molar-refractivity contribution < 1.29 is 4.79 Å². The smallest absolute Gasteiger partial charge is 0.217 e. The Morgan fingerprint density at radius 2 is 2.21 bits per heavy atom. The van der Waals surface area contributed by atoms with Gasteiger partial charge in [0.2, 0.25) is 5.91 Å². The molecule has 0 saturated carbocycles. The van der Waals surface area contributed by atoms with E-state index in [4.69, 9.17) is 5.26 Å². The lowest BCUT2D eigenvalue weighted by Gasteiger charge is -2.33. The van der Waals surface area contributed by atoms with Crippen LogP contribution < -0.4 is 5.32 Å². The molecule has 0 bridgehead atoms. The molecule has 2 atom stereocenters. The molecule has 0 fully saturated rings. The van der Waals surface area contributed by atoms with E-state index in [1.54, 1.807) is 6.20 Å². The summed E-state index contributed by atoms with van der Waals surface area (Å²) in [6, 6.07) is 3.82. The lowest BCUT2D eigenvalue weighted by atomic mass is 9.76. The molecule has 1 aromatic heterocycles. The summed E-state index contributed by atoms with van der Waals surface area (Å²) >= 11 is 0. The van der Waals surface area contributed by atoms with Gasteiger partial charge in [-0.3, -0.25) is 4.79 Å². The molecule has 0 radical (unpaired) electrons. The van der Waals surface area contributed by atoms with Crippen molar-refractivity contribution in [3.63, 3.8) is 0 Å². The molecule has 1 aromatic rings. The summed E-state index contributed by atoms with van der Waals surface area (Å²) < 4.78 is 0. The number of carbonyl (C=O) groups excluding carboxylic acids is 1. The Morgan fingerprint density at radius 1 is 1.53 bits per heavy atom. The van der Waals surface area contributed by atoms with Gasteiger partial charge in [0.15, 0.2) is 0 Å². The van der Waals surface area contributed by atoms with Gasteiger partial charge in [0.25, 0.3) is 0 Å². The number of nitrogens with one attached hydrogen (secondary N) is 1. The van der Waals surface area contributed by atoms with Gasteiger partial charge in [-0.25, -0.2) is 4.98 Å². The monoisotopic (exact) mass is 257 g/mol. The summed E-state index contributed by atoms with van der Waals surface area (Å²) in [5.74, 6) is 0.302. The molecule has 1 aliphatic rings. The predicted octanol–water partition coefficient (Wildman–Crippen LogP) is 2.66. The van der Waals surface area contributed by atoms with Crippen LogP contribution in [0.5, 0.6) is 0 Å². The predicted molar refractivity (Wildman–Crippen MR) is 72.3 cm³/mol. The molecule has 0 aromatic carbocycles. The fourth-order valence-electron chi connectivity index (χ4n) is 3.30. The van der Waals surface area contributed by atoms with Gasteiger partial charge in [-0.15, -0.1) is 0 Å². The highest BCUT2D eigenvalue weighted by Gasteiger charge is 2.46. The fourth-order valence-corrected chi connectivity index (χ4v) is 3.30. The summed E-state index contributed by atoms with van der Waals surface area (Å²) in [5, 5.41) is 12.0. The van der Waals surface area contributed by atoms with Crippen molar-refractivity contribution in [3.05, 3.63) is 29.1 Å². The van der Waals surface area contributed by atoms with E-state index in [1.807, 2.05) is 6.07 Å². The maximum Gasteiger partial charge on any atom is 0.217 e. The summed E-state index contributed by atoms with van der Waals surface area (Å²) in [5.41, 5.74) is 2.53. The Balaban J connectivity index is 2.56. The molecule has 4 nitrogen and oxygen atoms in total. The highest BCUT2D eigenvalue weighted by molar-refractivity contribution is 5.74. The number of nitriles is 1. The molecule has 1 heterocycles. The number of amides is 1. The van der Waals surface area contributed by atoms with E-state index < -0.39 is 0 Å². The molecule has 0 aliphatic heterocycles. The normalized spacial score (nSPS) is 23.5. The Labute approximate surface area is 113 Å². The molecule has 19 heavy (non-hydrogen) atoms. The van der Waals surface area contributed by atoms with Gasteiger partial charge in [-0.1, -0.05) is 20.8 Å². The lowest BCUT2D eigenvalue weighted by molar-refractivity contribution is -0.120. The van der Waals surface area contributed by atoms with Gasteiger partial charge in [-0.2, -0.15) is 5.26 Å². The van der Waals surface area contributed by atoms with E-state index in [0.717, 1.165) is 17.5 Å². The summed E-state index contributed by atoms with van der Waals surface area (Å²) in [6.07, 6.45) is 2.79. The van der Waals surface area contributed by atoms with Gasteiger partial charge in [0.05, 0.1) is 6.04 Å². The van der Waals surface area contributed by atoms with Gasteiger partial charge in [0, 0.05) is 13.1 Å². The molecule has 0 saturated heterocycles. The Hall–Kier alpha value is -1.89. The maximum atomic E-state index is 11.5. The van der Waals surface area contributed by atoms with Crippen molar-refractivity contribution in [3.8, 4) is 6.07 Å². The number of aromatic nitrogens is 1. The van der Waals surface area contributed by atoms with E-state index in [1.165, 1.54) is 6.92 Å². The summed E-state index contributed by atoms with van der Waals surface area (Å²) in [6.45, 7) is 7.99. The molecule has 2 unspecified atom stereocenters. The first-order valence-electron chi connectivity index (χ1n) is 6.58. The van der Waals surface area contributed by atoms with E-state index in [9.17, 15) is 4.79 Å². The van der Waals surface area contributed by atoms with Crippen LogP contribution in [0.15, 0.2) is 12.3 Å². The van der Waals surface area contributed by atoms with Gasteiger partial charge < -0.3 is 5.32 Å². The molecular weight excluding hydrogens is 238 g/mol. The van der Waals surface area contributed by atoms with Crippen LogP contribution >= 0.6 is 0 Å². The van der Waals surface area contributed by atoms with E-state index >= 15 is 0 Å². The second-order valence-electron chi connectivity index (χ2n) is 5.73. The van der Waals surface area contributed by atoms with Crippen LogP contribution in [0.1, 0.15) is 62.9 Å². The first kappa shape index (κ1) is 13.5. The average Bonchev–Trinajstić information content (AvgIpc) is 2.56. The van der Waals surface area contributed by atoms with Crippen molar-refractivity contribution in [1.29, 1.82) is 5.26 Å². The van der Waals surface area contributed by atoms with Crippen molar-refractivity contribution >= 4 is 5.91 Å². The van der Waals surface area contributed by atoms with Gasteiger partial charge in [-0.05, 0) is 34.9 Å². The van der Waals surface area contributed by atoms with Crippen LogP contribution in [-0.2, 0) is 4.79 Å². The minimum atomic E-state index is -0.0709. The number of hydrogen-bond donors (Lipinski definition) is 1. The number of carbonyl (C=O) groups is 1. The highest BCUT2D eigenvalue weighted by Crippen LogP contribution is 2.54. The average molecular weight is 257 g/mol. The fraction of sp³-hybridized carbons (Fsp3) is 0.533. The maximum absolute atomic E-state index is 11.5. The zero-order chi connectivity index (χ0) is 14.2. The molecule has 1 amide bonds. The Morgan fingerprint density at radius 3 is 2.74 bits per heavy atom. The van der Waals surface area contributed by atoms with Crippen LogP contribution in [0.25, 0.3) is 0 Å². The quantitative estimate of drug-likeness (QED) is 0.885. The number of fused-ring (bicyclic) bond motifs is 1. The van der Waals surface area contributed by atoms with Crippen LogP contribution in [0, 0.1) is 16.7 Å². The SMILES string of the molecule is CCC1c2cnc(C#N)cc2C(NC(C)=O)C1(C)C. The Bertz CT molecular complexity index is 557. The first-order valence-corrected chi connectivity index (χ1v) is 6.58. The lowest BCUT2D eigenvalue weighted by Crippen LogP contribution is -2.35. The van der Waals surface area contributed by atoms with Crippen LogP contribution in [-0.4, -0.2) is 10.9 Å². The minimum Gasteiger partial charge on any atom is -0.349 e. The summed E-state index contributed by atoms with van der Waals surface area (Å²) in [4.78, 5) is 15.6. The standard InChI is InChI=1S/C15H19N3O/c1-5-13-12-8-17-10(7-16)6-11(12)14(15(13,3)4)18-9(2)19/h6,8,13-14H,5H2,1-4H3,(H,18,19). The third kappa shape index (κ3) is 2.10. The van der Waals surface area contributed by atoms with Crippen molar-refractivity contribution in [2.24, 2.45) is 5.41 Å². The van der Waals surface area contributed by atoms with E-state index in [2.05, 4.69) is 37.1 Å². The van der Waals surface area contributed by atoms with Crippen LogP contribution in [0.2, 0.25) is 0 Å². The number of nitrogens with zero attached hydrogens (tertiary/aromatic N) is 2. The van der Waals surface area contributed by atoms with Crippen LogP contribution in [0.3, 0.4) is 0 Å². The van der Waals surface area contributed by atoms with Crippen molar-refractivity contribution in [2.45, 2.75) is 46.1 Å². The third-order valence-corrected chi connectivity index (χ3v) is 4.17. The van der Waals surface area contributed by atoms with Crippen molar-refractivity contribution in [2.75, 3.05) is 0 Å². The zero-order valence-corrected chi connectivity index (χ0v) is 11.8. The molecule has 1 aliphatic carbocycles. The van der Waals surface area contributed by atoms with E-state index in [0.29, 0.717) is 11.6 Å². The molecule has 1 N–H and O–H groups in total. The topological polar surface area (TPSA) is 65.8 Å². The molecule has 4 heteroatoms. The highest BCUT2D eigenvalue weighted by atomic mass is 16.1. The number of pyridine rings is 1. The largest absolute Gasteiger partial charge is 0.349 e. The Kier molecular flexibility index (Phi) is 3.32. The summed E-state index contributed by atoms with van der Waals surface area (Å²) in [7, 11) is 0. The van der Waals surface area contributed by atoms with Gasteiger partial charge in [0.1, 0.15) is 11.8 Å². The molecule has 100 valence electrons. The number of hydrogen-bond acceptors (Lipinski definition) is 3. The van der Waals surface area contributed by atoms with Gasteiger partial charge >= 0.3 is 0 Å². The molecular formula is C15H19N3O. The second kappa shape index (κ2) is 4.65. The first-order chi connectivity index (χ1) is 8.91. The second-order valence-corrected chi connectivity index (χ2v) is 5.73. The van der Waals surface area contributed by atoms with Crippen molar-refractivity contribution in [1.82, 2.24) is 10.3 Å².